The molecule has 0 unspecified atom stereocenters. The Morgan fingerprint density at radius 3 is 2.70 bits per heavy atom. The lowest BCUT2D eigenvalue weighted by atomic mass is 10.2. The number of hydrogen-bond donors (Lipinski definition) is 3. The first-order valence-electron chi connectivity index (χ1n) is 9.46. The Kier molecular flexibility index (Phi) is 8.55. The minimum absolute atomic E-state index is 0.214. The first kappa shape index (κ1) is 23.1. The van der Waals surface area contributed by atoms with E-state index in [-0.39, 0.29) is 5.56 Å². The van der Waals surface area contributed by atoms with E-state index in [0.717, 1.165) is 16.8 Å². The van der Waals surface area contributed by atoms with Crippen molar-refractivity contribution in [1.82, 2.24) is 9.66 Å². The lowest BCUT2D eigenvalue weighted by Gasteiger charge is -2.15. The van der Waals surface area contributed by atoms with Gasteiger partial charge in [-0.2, -0.15) is 4.68 Å². The number of nitrogens with zero attached hydrogens (tertiary/aromatic N) is 2. The maximum absolute atomic E-state index is 12.5. The minimum atomic E-state index is -0.214. The molecule has 160 valence electrons. The number of methoxy groups -OCH3 is 1. The molecule has 7 nitrogen and oxygen atoms in total. The maximum atomic E-state index is 12.5. The van der Waals surface area contributed by atoms with Crippen LogP contribution in [0.15, 0.2) is 65.0 Å². The summed E-state index contributed by atoms with van der Waals surface area (Å²) < 4.78 is 6.70. The minimum Gasteiger partial charge on any atom is -0.495 e. The number of allylic oxidation sites excluding steroid dienone is 4. The molecule has 0 amide bonds. The summed E-state index contributed by atoms with van der Waals surface area (Å²) in [7, 11) is 3.26. The van der Waals surface area contributed by atoms with Crippen molar-refractivity contribution in [1.29, 1.82) is 0 Å². The van der Waals surface area contributed by atoms with Crippen LogP contribution in [0.25, 0.3) is 0 Å². The van der Waals surface area contributed by atoms with Crippen molar-refractivity contribution in [2.75, 3.05) is 36.8 Å². The van der Waals surface area contributed by atoms with Crippen molar-refractivity contribution >= 4 is 23.2 Å². The predicted molar refractivity (Wildman–Crippen MR) is 125 cm³/mol. The van der Waals surface area contributed by atoms with Crippen molar-refractivity contribution in [3.63, 3.8) is 0 Å². The third-order valence-corrected chi connectivity index (χ3v) is 4.53. The van der Waals surface area contributed by atoms with Crippen LogP contribution in [-0.4, -0.2) is 30.4 Å². The Bertz CT molecular complexity index is 1010. The van der Waals surface area contributed by atoms with Gasteiger partial charge in [0, 0.05) is 24.7 Å². The van der Waals surface area contributed by atoms with Gasteiger partial charge >= 0.3 is 0 Å². The maximum Gasteiger partial charge on any atom is 0.273 e. The molecule has 0 aliphatic rings. The Hall–Kier alpha value is -3.19. The van der Waals surface area contributed by atoms with E-state index < -0.39 is 0 Å². The summed E-state index contributed by atoms with van der Waals surface area (Å²) in [6.07, 6.45) is 5.78. The van der Waals surface area contributed by atoms with Crippen LogP contribution in [0.3, 0.4) is 0 Å². The summed E-state index contributed by atoms with van der Waals surface area (Å²) in [5.74, 6) is 1.09. The summed E-state index contributed by atoms with van der Waals surface area (Å²) in [6, 6.07) is 6.77. The standard InChI is InChI=1S/C22H28ClN5O2/c1-6-15(2)7-8-16(3)13-26-22-27-18(12-21(29)28(22)24-4)14-25-19-11-17(23)9-10-20(19)30-5/h6-12,24-25H,1,13-14H2,2-5H3,(H,26,27)/b15-7-,16-8+. The molecule has 0 atom stereocenters. The molecule has 2 aromatic rings. The van der Waals surface area contributed by atoms with Crippen molar-refractivity contribution < 1.29 is 4.74 Å². The highest BCUT2D eigenvalue weighted by Gasteiger charge is 2.09. The highest BCUT2D eigenvalue weighted by molar-refractivity contribution is 6.30. The molecule has 8 heteroatoms. The highest BCUT2D eigenvalue weighted by atomic mass is 35.5. The van der Waals surface area contributed by atoms with Gasteiger partial charge < -0.3 is 20.8 Å². The number of aromatic nitrogens is 2. The van der Waals surface area contributed by atoms with Gasteiger partial charge in [-0.05, 0) is 32.0 Å². The van der Waals surface area contributed by atoms with Crippen LogP contribution in [0.1, 0.15) is 19.5 Å². The fraction of sp³-hybridized carbons (Fsp3) is 0.273. The quantitative estimate of drug-likeness (QED) is 0.491. The molecule has 0 bridgehead atoms. The van der Waals surface area contributed by atoms with Crippen molar-refractivity contribution in [2.24, 2.45) is 0 Å². The molecule has 3 N–H and O–H groups in total. The third kappa shape index (κ3) is 6.42. The molecule has 2 rings (SSSR count). The van der Waals surface area contributed by atoms with E-state index in [1.165, 1.54) is 10.7 Å². The van der Waals surface area contributed by atoms with Crippen LogP contribution < -0.4 is 26.4 Å². The van der Waals surface area contributed by atoms with E-state index in [1.54, 1.807) is 38.4 Å². The molecule has 30 heavy (non-hydrogen) atoms. The van der Waals surface area contributed by atoms with E-state index in [0.29, 0.717) is 35.5 Å². The largest absolute Gasteiger partial charge is 0.495 e. The summed E-state index contributed by atoms with van der Waals surface area (Å²) in [5, 5.41) is 7.02. The lowest BCUT2D eigenvalue weighted by molar-refractivity contribution is 0.416. The monoisotopic (exact) mass is 429 g/mol. The SMILES string of the molecule is C=C/C(C)=C\C=C(/C)CNc1nc(CNc2cc(Cl)ccc2OC)cc(=O)n1NC. The van der Waals surface area contributed by atoms with Gasteiger partial charge in [0.25, 0.3) is 5.56 Å². The fourth-order valence-corrected chi connectivity index (χ4v) is 2.75. The second kappa shape index (κ2) is 11.1. The van der Waals surface area contributed by atoms with Gasteiger partial charge in [-0.1, -0.05) is 47.6 Å². The second-order valence-electron chi connectivity index (χ2n) is 6.65. The molecule has 0 saturated carbocycles. The average molecular weight is 430 g/mol. The van der Waals surface area contributed by atoms with Crippen molar-refractivity contribution in [3.8, 4) is 5.75 Å². The molecular weight excluding hydrogens is 402 g/mol. The average Bonchev–Trinajstić information content (AvgIpc) is 2.74. The van der Waals surface area contributed by atoms with Crippen molar-refractivity contribution in [2.45, 2.75) is 20.4 Å². The molecular formula is C22H28ClN5O2. The van der Waals surface area contributed by atoms with Gasteiger partial charge in [0.05, 0.1) is 25.0 Å². The number of nitrogens with one attached hydrogen (secondary N) is 3. The van der Waals surface area contributed by atoms with Crippen LogP contribution in [0.5, 0.6) is 5.75 Å². The van der Waals surface area contributed by atoms with Gasteiger partial charge in [-0.15, -0.1) is 0 Å². The number of anilines is 2. The second-order valence-corrected chi connectivity index (χ2v) is 7.08. The Balaban J connectivity index is 2.19. The van der Waals surface area contributed by atoms with Crippen molar-refractivity contribution in [3.05, 3.63) is 81.3 Å². The zero-order valence-corrected chi connectivity index (χ0v) is 18.5. The summed E-state index contributed by atoms with van der Waals surface area (Å²) >= 11 is 6.07. The zero-order chi connectivity index (χ0) is 22.1. The van der Waals surface area contributed by atoms with Gasteiger partial charge in [0.15, 0.2) is 0 Å². The van der Waals surface area contributed by atoms with Crippen LogP contribution in [0.2, 0.25) is 5.02 Å². The van der Waals surface area contributed by atoms with E-state index in [2.05, 4.69) is 27.6 Å². The summed E-state index contributed by atoms with van der Waals surface area (Å²) in [5.41, 5.74) is 6.10. The topological polar surface area (TPSA) is 80.2 Å². The molecule has 1 heterocycles. The van der Waals surface area contributed by atoms with Crippen LogP contribution in [-0.2, 0) is 6.54 Å². The Labute approximate surface area is 182 Å². The Morgan fingerprint density at radius 1 is 1.27 bits per heavy atom. The number of ether oxygens (including phenoxy) is 1. The number of halogens is 1. The van der Waals surface area contributed by atoms with Crippen LogP contribution >= 0.6 is 11.6 Å². The van der Waals surface area contributed by atoms with Gasteiger partial charge in [-0.3, -0.25) is 4.79 Å². The lowest BCUT2D eigenvalue weighted by Crippen LogP contribution is -2.31. The fourth-order valence-electron chi connectivity index (χ4n) is 2.58. The van der Waals surface area contributed by atoms with E-state index >= 15 is 0 Å². The van der Waals surface area contributed by atoms with Gasteiger partial charge in [0.2, 0.25) is 5.95 Å². The molecule has 0 aliphatic heterocycles. The van der Waals surface area contributed by atoms with Gasteiger partial charge in [-0.25, -0.2) is 4.98 Å². The third-order valence-electron chi connectivity index (χ3n) is 4.29. The molecule has 0 radical (unpaired) electrons. The molecule has 0 aliphatic carbocycles. The molecule has 0 fully saturated rings. The number of rotatable bonds is 10. The normalized spacial score (nSPS) is 11.8. The number of hydrogen-bond acceptors (Lipinski definition) is 6. The first-order chi connectivity index (χ1) is 14.4. The van der Waals surface area contributed by atoms with Crippen LogP contribution in [0, 0.1) is 0 Å². The van der Waals surface area contributed by atoms with Crippen LogP contribution in [0.4, 0.5) is 11.6 Å². The molecule has 1 aromatic carbocycles. The summed E-state index contributed by atoms with van der Waals surface area (Å²) in [4.78, 5) is 17.1. The smallest absolute Gasteiger partial charge is 0.273 e. The Morgan fingerprint density at radius 2 is 2.03 bits per heavy atom. The zero-order valence-electron chi connectivity index (χ0n) is 17.8. The predicted octanol–water partition coefficient (Wildman–Crippen LogP) is 4.18. The van der Waals surface area contributed by atoms with E-state index in [1.807, 2.05) is 26.0 Å². The molecule has 0 saturated heterocycles. The van der Waals surface area contributed by atoms with Gasteiger partial charge in [0.1, 0.15) is 5.75 Å². The summed E-state index contributed by atoms with van der Waals surface area (Å²) in [6.45, 7) is 8.59. The number of benzene rings is 1. The van der Waals surface area contributed by atoms with E-state index in [9.17, 15) is 4.79 Å². The first-order valence-corrected chi connectivity index (χ1v) is 9.84. The highest BCUT2D eigenvalue weighted by Crippen LogP contribution is 2.27. The molecule has 0 spiro atoms. The van der Waals surface area contributed by atoms with E-state index in [4.69, 9.17) is 16.3 Å². The molecule has 1 aromatic heterocycles.